The maximum Gasteiger partial charge on any atom is 0.306 e. The molecule has 0 aromatic heterocycles. The highest BCUT2D eigenvalue weighted by molar-refractivity contribution is 5.71. The second-order valence-corrected chi connectivity index (χ2v) is 18.8. The molecule has 0 aliphatic rings. The van der Waals surface area contributed by atoms with E-state index in [2.05, 4.69) is 27.7 Å². The van der Waals surface area contributed by atoms with Gasteiger partial charge in [-0.3, -0.25) is 14.4 Å². The first-order valence-electron chi connectivity index (χ1n) is 26.9. The van der Waals surface area contributed by atoms with Gasteiger partial charge in [-0.2, -0.15) is 0 Å². The van der Waals surface area contributed by atoms with Crippen LogP contribution in [0.3, 0.4) is 0 Å². The lowest BCUT2D eigenvalue weighted by atomic mass is 9.99. The molecule has 60 heavy (non-hydrogen) atoms. The Morgan fingerprint density at radius 1 is 0.333 bits per heavy atom. The normalized spacial score (nSPS) is 12.4. The third-order valence-electron chi connectivity index (χ3n) is 12.7. The molecule has 0 spiro atoms. The van der Waals surface area contributed by atoms with Crippen LogP contribution in [0.1, 0.15) is 304 Å². The van der Waals surface area contributed by atoms with E-state index in [0.717, 1.165) is 63.7 Å². The number of esters is 3. The summed E-state index contributed by atoms with van der Waals surface area (Å²) < 4.78 is 16.8. The highest BCUT2D eigenvalue weighted by Gasteiger charge is 2.19. The van der Waals surface area contributed by atoms with Crippen LogP contribution >= 0.6 is 0 Å². The minimum Gasteiger partial charge on any atom is -0.462 e. The van der Waals surface area contributed by atoms with E-state index in [9.17, 15) is 14.4 Å². The fraction of sp³-hybridized carbons (Fsp3) is 0.944. The number of ether oxygens (including phenoxy) is 3. The summed E-state index contributed by atoms with van der Waals surface area (Å²) in [4.78, 5) is 38.0. The second-order valence-electron chi connectivity index (χ2n) is 18.8. The average molecular weight is 849 g/mol. The smallest absolute Gasteiger partial charge is 0.306 e. The van der Waals surface area contributed by atoms with Crippen molar-refractivity contribution in [2.24, 2.45) is 5.92 Å². The van der Waals surface area contributed by atoms with E-state index in [1.807, 2.05) is 0 Å². The number of carbonyl (C=O) groups excluding carboxylic acids is 3. The third kappa shape index (κ3) is 45.9. The van der Waals surface area contributed by atoms with Crippen molar-refractivity contribution in [2.45, 2.75) is 310 Å². The molecule has 2 atom stereocenters. The van der Waals surface area contributed by atoms with E-state index >= 15 is 0 Å². The van der Waals surface area contributed by atoms with Crippen LogP contribution in [-0.2, 0) is 28.6 Å². The van der Waals surface area contributed by atoms with Gasteiger partial charge in [0.25, 0.3) is 0 Å². The van der Waals surface area contributed by atoms with Crippen LogP contribution < -0.4 is 0 Å². The molecule has 0 N–H and O–H groups in total. The minimum absolute atomic E-state index is 0.0628. The van der Waals surface area contributed by atoms with Crippen molar-refractivity contribution in [1.82, 2.24) is 0 Å². The summed E-state index contributed by atoms with van der Waals surface area (Å²) >= 11 is 0. The summed E-state index contributed by atoms with van der Waals surface area (Å²) in [6, 6.07) is 0. The zero-order valence-corrected chi connectivity index (χ0v) is 40.9. The van der Waals surface area contributed by atoms with Gasteiger partial charge in [0.2, 0.25) is 0 Å². The first-order chi connectivity index (χ1) is 29.4. The molecule has 0 amide bonds. The molecule has 0 saturated carbocycles. The molecule has 0 saturated heterocycles. The Hall–Kier alpha value is -1.59. The van der Waals surface area contributed by atoms with Crippen LogP contribution in [-0.4, -0.2) is 37.2 Å². The van der Waals surface area contributed by atoms with E-state index in [1.54, 1.807) is 0 Å². The highest BCUT2D eigenvalue weighted by atomic mass is 16.6. The lowest BCUT2D eigenvalue weighted by Crippen LogP contribution is -2.30. The molecular weight excluding hydrogens is 745 g/mol. The van der Waals surface area contributed by atoms with Crippen LogP contribution in [0, 0.1) is 5.92 Å². The number of rotatable bonds is 49. The molecule has 6 heteroatoms. The zero-order valence-electron chi connectivity index (χ0n) is 40.9. The topological polar surface area (TPSA) is 78.9 Å². The Kier molecular flexibility index (Phi) is 47.2. The first-order valence-corrected chi connectivity index (χ1v) is 26.9. The summed E-state index contributed by atoms with van der Waals surface area (Å²) in [6.07, 6.45) is 50.8. The van der Waals surface area contributed by atoms with Gasteiger partial charge in [0.05, 0.1) is 0 Å². The summed E-state index contributed by atoms with van der Waals surface area (Å²) in [5.41, 5.74) is 0. The SMILES string of the molecule is CCCCCCCCCCCCCCCCCCCCC(=O)OC[C@@H](COC(=O)CCCCCCCCCCC(C)CC)OC(=O)CCCCCCCCCCCCCC. The number of hydrogen-bond acceptors (Lipinski definition) is 6. The molecule has 0 bridgehead atoms. The quantitative estimate of drug-likeness (QED) is 0.0345. The molecule has 0 heterocycles. The van der Waals surface area contributed by atoms with E-state index < -0.39 is 6.10 Å². The Balaban J connectivity index is 4.27. The Morgan fingerprint density at radius 2 is 0.583 bits per heavy atom. The Bertz CT molecular complexity index is 905. The molecule has 0 rings (SSSR count). The largest absolute Gasteiger partial charge is 0.462 e. The monoisotopic (exact) mass is 849 g/mol. The van der Waals surface area contributed by atoms with Crippen LogP contribution in [0.25, 0.3) is 0 Å². The molecule has 0 aliphatic carbocycles. The van der Waals surface area contributed by atoms with Crippen molar-refractivity contribution in [1.29, 1.82) is 0 Å². The van der Waals surface area contributed by atoms with Gasteiger partial charge in [-0.25, -0.2) is 0 Å². The molecule has 0 aromatic rings. The van der Waals surface area contributed by atoms with E-state index in [0.29, 0.717) is 19.3 Å². The molecular formula is C54H104O6. The molecule has 0 radical (unpaired) electrons. The molecule has 356 valence electrons. The number of carbonyl (C=O) groups is 3. The molecule has 1 unspecified atom stereocenters. The standard InChI is InChI=1S/C54H104O6/c1-5-8-10-12-14-16-18-20-21-22-23-24-25-27-28-33-37-41-45-52(55)58-48-51(60-54(57)47-43-39-35-29-26-19-17-15-13-11-9-6-2)49-59-53(56)46-42-38-34-31-30-32-36-40-44-50(4)7-3/h50-51H,5-49H2,1-4H3/t50?,51-/m0/s1. The Labute approximate surface area is 374 Å². The molecule has 0 fully saturated rings. The van der Waals surface area contributed by atoms with Crippen LogP contribution in [0.2, 0.25) is 0 Å². The van der Waals surface area contributed by atoms with Crippen molar-refractivity contribution in [3.63, 3.8) is 0 Å². The fourth-order valence-corrected chi connectivity index (χ4v) is 8.19. The van der Waals surface area contributed by atoms with Gasteiger partial charge in [0.15, 0.2) is 6.10 Å². The predicted molar refractivity (Wildman–Crippen MR) is 257 cm³/mol. The lowest BCUT2D eigenvalue weighted by Gasteiger charge is -2.18. The van der Waals surface area contributed by atoms with Gasteiger partial charge in [0, 0.05) is 19.3 Å². The van der Waals surface area contributed by atoms with E-state index in [-0.39, 0.29) is 31.1 Å². The average Bonchev–Trinajstić information content (AvgIpc) is 3.25. The summed E-state index contributed by atoms with van der Waals surface area (Å²) in [6.45, 7) is 9.04. The Morgan fingerprint density at radius 3 is 0.867 bits per heavy atom. The van der Waals surface area contributed by atoms with Gasteiger partial charge in [-0.05, 0) is 25.2 Å². The second kappa shape index (κ2) is 48.4. The summed E-state index contributed by atoms with van der Waals surface area (Å²) in [5.74, 6) is 0.00413. The van der Waals surface area contributed by atoms with Gasteiger partial charge in [-0.1, -0.05) is 265 Å². The lowest BCUT2D eigenvalue weighted by molar-refractivity contribution is -0.167. The van der Waals surface area contributed by atoms with Gasteiger partial charge in [0.1, 0.15) is 13.2 Å². The van der Waals surface area contributed by atoms with Crippen molar-refractivity contribution >= 4 is 17.9 Å². The van der Waals surface area contributed by atoms with Gasteiger partial charge < -0.3 is 14.2 Å². The van der Waals surface area contributed by atoms with E-state index in [1.165, 1.54) is 199 Å². The highest BCUT2D eigenvalue weighted by Crippen LogP contribution is 2.18. The summed E-state index contributed by atoms with van der Waals surface area (Å²) in [7, 11) is 0. The van der Waals surface area contributed by atoms with Gasteiger partial charge in [-0.15, -0.1) is 0 Å². The number of unbranched alkanes of at least 4 members (excludes halogenated alkanes) is 35. The van der Waals surface area contributed by atoms with Crippen LogP contribution in [0.5, 0.6) is 0 Å². The van der Waals surface area contributed by atoms with E-state index in [4.69, 9.17) is 14.2 Å². The van der Waals surface area contributed by atoms with Crippen molar-refractivity contribution in [2.75, 3.05) is 13.2 Å². The fourth-order valence-electron chi connectivity index (χ4n) is 8.19. The van der Waals surface area contributed by atoms with Crippen LogP contribution in [0.4, 0.5) is 0 Å². The minimum atomic E-state index is -0.761. The van der Waals surface area contributed by atoms with Crippen molar-refractivity contribution in [3.8, 4) is 0 Å². The predicted octanol–water partition coefficient (Wildman–Crippen LogP) is 17.5. The maximum atomic E-state index is 12.8. The van der Waals surface area contributed by atoms with Crippen molar-refractivity contribution in [3.05, 3.63) is 0 Å². The number of hydrogen-bond donors (Lipinski definition) is 0. The first kappa shape index (κ1) is 58.4. The third-order valence-corrected chi connectivity index (χ3v) is 12.7. The maximum absolute atomic E-state index is 12.8. The molecule has 0 aromatic carbocycles. The molecule has 6 nitrogen and oxygen atoms in total. The zero-order chi connectivity index (χ0) is 43.8. The van der Waals surface area contributed by atoms with Crippen molar-refractivity contribution < 1.29 is 28.6 Å². The molecule has 0 aliphatic heterocycles. The summed E-state index contributed by atoms with van der Waals surface area (Å²) in [5, 5.41) is 0. The van der Waals surface area contributed by atoms with Crippen LogP contribution in [0.15, 0.2) is 0 Å². The van der Waals surface area contributed by atoms with Gasteiger partial charge >= 0.3 is 17.9 Å².